The first-order valence-electron chi connectivity index (χ1n) is 6.03. The minimum Gasteiger partial charge on any atom is -0.459 e. The van der Waals surface area contributed by atoms with E-state index >= 15 is 0 Å². The van der Waals surface area contributed by atoms with Crippen molar-refractivity contribution < 1.29 is 4.42 Å². The van der Waals surface area contributed by atoms with Gasteiger partial charge in [-0.25, -0.2) is 0 Å². The zero-order chi connectivity index (χ0) is 13.9. The summed E-state index contributed by atoms with van der Waals surface area (Å²) in [5.41, 5.74) is 1.04. The normalized spacial score (nSPS) is 10.7. The van der Waals surface area contributed by atoms with E-state index in [2.05, 4.69) is 36.7 Å². The maximum Gasteiger partial charge on any atom is 0.263 e. The highest BCUT2D eigenvalue weighted by Crippen LogP contribution is 2.24. The van der Waals surface area contributed by atoms with Crippen LogP contribution in [0.3, 0.4) is 0 Å². The average Bonchev–Trinajstić information content (AvgIpc) is 3.06. The fourth-order valence-corrected chi connectivity index (χ4v) is 2.03. The van der Waals surface area contributed by atoms with E-state index in [1.807, 2.05) is 36.4 Å². The number of aryl methyl sites for hydroxylation is 1. The Bertz CT molecular complexity index is 704. The Kier molecular flexibility index (Phi) is 3.51. The van der Waals surface area contributed by atoms with Crippen molar-refractivity contribution >= 4 is 21.9 Å². The second-order valence-electron chi connectivity index (χ2n) is 4.23. The molecule has 1 aromatic carbocycles. The molecule has 0 saturated carbocycles. The van der Waals surface area contributed by atoms with Gasteiger partial charge in [0.15, 0.2) is 0 Å². The second kappa shape index (κ2) is 5.46. The van der Waals surface area contributed by atoms with Crippen molar-refractivity contribution in [2.24, 2.45) is 7.05 Å². The molecule has 3 aromatic rings. The molecular weight excluding hydrogens is 322 g/mol. The van der Waals surface area contributed by atoms with Crippen LogP contribution in [0.25, 0.3) is 11.3 Å². The Labute approximate surface area is 123 Å². The van der Waals surface area contributed by atoms with Crippen LogP contribution in [0.4, 0.5) is 5.95 Å². The van der Waals surface area contributed by atoms with E-state index in [4.69, 9.17) is 4.42 Å². The van der Waals surface area contributed by atoms with Gasteiger partial charge in [0.1, 0.15) is 11.5 Å². The predicted molar refractivity (Wildman–Crippen MR) is 78.0 cm³/mol. The Hall–Kier alpha value is -2.15. The second-order valence-corrected chi connectivity index (χ2v) is 5.14. The standard InChI is InChI=1S/C13H12BrN5O/c1-19-17-13(16-18-19)15-8-11-6-7-12(20-11)9-2-4-10(14)5-3-9/h2-7H,8H2,1H3,(H,15,17). The van der Waals surface area contributed by atoms with Crippen molar-refractivity contribution in [2.45, 2.75) is 6.54 Å². The predicted octanol–water partition coefficient (Wildman–Crippen LogP) is 2.84. The van der Waals surface area contributed by atoms with Gasteiger partial charge in [-0.15, -0.1) is 5.10 Å². The van der Waals surface area contributed by atoms with Crippen LogP contribution in [-0.2, 0) is 13.6 Å². The minimum absolute atomic E-state index is 0.481. The maximum absolute atomic E-state index is 5.78. The maximum atomic E-state index is 5.78. The van der Waals surface area contributed by atoms with Gasteiger partial charge in [0.05, 0.1) is 13.6 Å². The summed E-state index contributed by atoms with van der Waals surface area (Å²) >= 11 is 3.41. The Morgan fingerprint density at radius 1 is 1.20 bits per heavy atom. The summed E-state index contributed by atoms with van der Waals surface area (Å²) in [6, 6.07) is 11.9. The Balaban J connectivity index is 1.69. The summed E-state index contributed by atoms with van der Waals surface area (Å²) in [4.78, 5) is 1.40. The summed E-state index contributed by atoms with van der Waals surface area (Å²) in [6.07, 6.45) is 0. The molecule has 2 heterocycles. The molecule has 3 rings (SSSR count). The van der Waals surface area contributed by atoms with Crippen LogP contribution in [0.2, 0.25) is 0 Å². The van der Waals surface area contributed by atoms with Crippen LogP contribution in [0.15, 0.2) is 45.3 Å². The number of aromatic nitrogens is 4. The van der Waals surface area contributed by atoms with Crippen LogP contribution < -0.4 is 5.32 Å². The lowest BCUT2D eigenvalue weighted by Crippen LogP contribution is -2.00. The van der Waals surface area contributed by atoms with Gasteiger partial charge < -0.3 is 9.73 Å². The molecule has 0 aliphatic carbocycles. The van der Waals surface area contributed by atoms with Crippen molar-refractivity contribution in [1.82, 2.24) is 20.2 Å². The molecule has 0 radical (unpaired) electrons. The molecule has 0 saturated heterocycles. The molecule has 0 unspecified atom stereocenters. The average molecular weight is 334 g/mol. The molecule has 0 atom stereocenters. The SMILES string of the molecule is Cn1nnc(NCc2ccc(-c3ccc(Br)cc3)o2)n1. The van der Waals surface area contributed by atoms with E-state index in [0.717, 1.165) is 21.6 Å². The van der Waals surface area contributed by atoms with E-state index in [1.54, 1.807) is 7.05 Å². The van der Waals surface area contributed by atoms with Gasteiger partial charge >= 0.3 is 0 Å². The molecule has 0 amide bonds. The van der Waals surface area contributed by atoms with Gasteiger partial charge in [-0.3, -0.25) is 0 Å². The number of nitrogens with zero attached hydrogens (tertiary/aromatic N) is 4. The summed E-state index contributed by atoms with van der Waals surface area (Å²) in [7, 11) is 1.72. The summed E-state index contributed by atoms with van der Waals surface area (Å²) in [6.45, 7) is 0.516. The largest absolute Gasteiger partial charge is 0.459 e. The first kappa shape index (κ1) is 12.9. The van der Waals surface area contributed by atoms with E-state index in [1.165, 1.54) is 4.80 Å². The summed E-state index contributed by atoms with van der Waals surface area (Å²) in [5, 5.41) is 14.7. The Morgan fingerprint density at radius 3 is 2.70 bits per heavy atom. The molecule has 102 valence electrons. The molecule has 7 heteroatoms. The monoisotopic (exact) mass is 333 g/mol. The highest BCUT2D eigenvalue weighted by molar-refractivity contribution is 9.10. The number of tetrazole rings is 1. The molecule has 0 aliphatic heterocycles. The summed E-state index contributed by atoms with van der Waals surface area (Å²) in [5.74, 6) is 2.13. The van der Waals surface area contributed by atoms with Gasteiger partial charge in [-0.05, 0) is 29.5 Å². The summed E-state index contributed by atoms with van der Waals surface area (Å²) < 4.78 is 6.82. The quantitative estimate of drug-likeness (QED) is 0.795. The van der Waals surface area contributed by atoms with Gasteiger partial charge in [0.2, 0.25) is 0 Å². The molecule has 20 heavy (non-hydrogen) atoms. The van der Waals surface area contributed by atoms with Crippen molar-refractivity contribution in [3.05, 3.63) is 46.6 Å². The van der Waals surface area contributed by atoms with Crippen LogP contribution in [0, 0.1) is 0 Å². The van der Waals surface area contributed by atoms with E-state index in [0.29, 0.717) is 12.5 Å². The number of rotatable bonds is 4. The van der Waals surface area contributed by atoms with Gasteiger partial charge in [0.25, 0.3) is 5.95 Å². The zero-order valence-corrected chi connectivity index (χ0v) is 12.3. The third-order valence-electron chi connectivity index (χ3n) is 2.72. The molecule has 0 fully saturated rings. The number of benzene rings is 1. The first-order chi connectivity index (χ1) is 9.70. The molecular formula is C13H12BrN5O. The van der Waals surface area contributed by atoms with Gasteiger partial charge in [-0.2, -0.15) is 4.80 Å². The highest BCUT2D eigenvalue weighted by atomic mass is 79.9. The fourth-order valence-electron chi connectivity index (χ4n) is 1.76. The van der Waals surface area contributed by atoms with Crippen molar-refractivity contribution in [1.29, 1.82) is 0 Å². The molecule has 6 nitrogen and oxygen atoms in total. The molecule has 0 aliphatic rings. The van der Waals surface area contributed by atoms with Crippen molar-refractivity contribution in [2.75, 3.05) is 5.32 Å². The van der Waals surface area contributed by atoms with E-state index < -0.39 is 0 Å². The number of hydrogen-bond donors (Lipinski definition) is 1. The third kappa shape index (κ3) is 2.88. The minimum atomic E-state index is 0.481. The zero-order valence-electron chi connectivity index (χ0n) is 10.7. The molecule has 2 aromatic heterocycles. The van der Waals surface area contributed by atoms with E-state index in [9.17, 15) is 0 Å². The first-order valence-corrected chi connectivity index (χ1v) is 6.82. The lowest BCUT2D eigenvalue weighted by Gasteiger charge is -1.99. The lowest BCUT2D eigenvalue weighted by atomic mass is 10.2. The smallest absolute Gasteiger partial charge is 0.263 e. The highest BCUT2D eigenvalue weighted by Gasteiger charge is 2.06. The van der Waals surface area contributed by atoms with Crippen LogP contribution in [0.1, 0.15) is 5.76 Å². The number of anilines is 1. The number of halogens is 1. The van der Waals surface area contributed by atoms with Crippen molar-refractivity contribution in [3.8, 4) is 11.3 Å². The third-order valence-corrected chi connectivity index (χ3v) is 3.25. The molecule has 1 N–H and O–H groups in total. The number of furan rings is 1. The molecule has 0 spiro atoms. The topological polar surface area (TPSA) is 68.8 Å². The lowest BCUT2D eigenvalue weighted by molar-refractivity contribution is 0.530. The van der Waals surface area contributed by atoms with Gasteiger partial charge in [-0.1, -0.05) is 33.2 Å². The molecule has 0 bridgehead atoms. The fraction of sp³-hybridized carbons (Fsp3) is 0.154. The van der Waals surface area contributed by atoms with Gasteiger partial charge in [0, 0.05) is 10.0 Å². The van der Waals surface area contributed by atoms with E-state index in [-0.39, 0.29) is 0 Å². The Morgan fingerprint density at radius 2 is 2.00 bits per heavy atom. The van der Waals surface area contributed by atoms with Crippen LogP contribution in [-0.4, -0.2) is 20.2 Å². The number of nitrogens with one attached hydrogen (secondary N) is 1. The van der Waals surface area contributed by atoms with Crippen molar-refractivity contribution in [3.63, 3.8) is 0 Å². The van der Waals surface area contributed by atoms with Crippen LogP contribution >= 0.6 is 15.9 Å². The number of hydrogen-bond acceptors (Lipinski definition) is 5. The van der Waals surface area contributed by atoms with Crippen LogP contribution in [0.5, 0.6) is 0 Å².